The fourth-order valence-electron chi connectivity index (χ4n) is 5.82. The van der Waals surface area contributed by atoms with Gasteiger partial charge in [0.05, 0.1) is 40.5 Å². The molecule has 26 nitrogen and oxygen atoms in total. The zero-order chi connectivity index (χ0) is 37.9. The molecule has 0 aliphatic carbocycles. The second kappa shape index (κ2) is 14.3. The summed E-state index contributed by atoms with van der Waals surface area (Å²) in [7, 11) is -6.73. The lowest BCUT2D eigenvalue weighted by atomic mass is 10.1. The average Bonchev–Trinajstić information content (AvgIpc) is 3.74. The molecule has 0 amide bonds. The standard InChI is InChI=1S/C24H34N10O16P2/c1-31-7-33(17-11(31)19(39)29-23(25)27-17)21-15(37)13(35)9(49-21)5-47-51(41,42)45-3-4-46-52(43,44)48-6-10-14(36)16(38)22(50-10)34-8-32(2)12-18(34)28-24(26)30-20(12)40/h7-10,13-16,21-22,35-38H,3-6H2,1-2H3,(H6-2,25,26,27,28,29,30,39,40,41,42,43,44)/p+2/t9-,10?,13-,14-,15?,16?,21?,22?/m1/s1. The third kappa shape index (κ3) is 7.39. The highest BCUT2D eigenvalue weighted by atomic mass is 31.2. The predicted molar refractivity (Wildman–Crippen MR) is 167 cm³/mol. The van der Waals surface area contributed by atoms with E-state index in [4.69, 9.17) is 39.0 Å². The van der Waals surface area contributed by atoms with E-state index >= 15 is 0 Å². The van der Waals surface area contributed by atoms with Gasteiger partial charge >= 0.3 is 26.9 Å². The molecule has 2 aliphatic rings. The Bertz CT molecular complexity index is 2040. The lowest BCUT2D eigenvalue weighted by Gasteiger charge is -2.18. The monoisotopic (exact) mass is 782 g/mol. The third-order valence-electron chi connectivity index (χ3n) is 8.20. The summed E-state index contributed by atoms with van der Waals surface area (Å²) in [4.78, 5) is 57.6. The van der Waals surface area contributed by atoms with Crippen LogP contribution in [-0.2, 0) is 50.8 Å². The number of ether oxygens (including phenoxy) is 2. The molecule has 2 saturated heterocycles. The minimum absolute atomic E-state index is 0.0268. The maximum absolute atomic E-state index is 12.4. The van der Waals surface area contributed by atoms with E-state index in [-0.39, 0.29) is 34.2 Å². The van der Waals surface area contributed by atoms with Gasteiger partial charge in [-0.25, -0.2) is 18.3 Å². The quantitative estimate of drug-likeness (QED) is 0.0344. The van der Waals surface area contributed by atoms with Crippen LogP contribution in [0.3, 0.4) is 0 Å². The number of imidazole rings is 2. The molecule has 0 aromatic carbocycles. The van der Waals surface area contributed by atoms with E-state index in [2.05, 4.69) is 19.9 Å². The van der Waals surface area contributed by atoms with Gasteiger partial charge in [0.1, 0.15) is 36.6 Å². The molecule has 52 heavy (non-hydrogen) atoms. The molecule has 2 aliphatic heterocycles. The molecule has 6 heterocycles. The van der Waals surface area contributed by atoms with Crippen molar-refractivity contribution in [1.29, 1.82) is 0 Å². The summed E-state index contributed by atoms with van der Waals surface area (Å²) in [6.45, 7) is -3.07. The minimum atomic E-state index is -4.89. The summed E-state index contributed by atoms with van der Waals surface area (Å²) >= 11 is 0. The number of hydrogen-bond acceptors (Lipinski definition) is 18. The molecule has 6 rings (SSSR count). The number of H-pyrrole nitrogens is 2. The number of aromatic amines is 2. The van der Waals surface area contributed by atoms with Gasteiger partial charge in [0.15, 0.2) is 12.7 Å². The third-order valence-corrected chi connectivity index (χ3v) is 10.2. The molecule has 28 heteroatoms. The Morgan fingerprint density at radius 3 is 1.46 bits per heavy atom. The highest BCUT2D eigenvalue weighted by molar-refractivity contribution is 7.47. The van der Waals surface area contributed by atoms with E-state index in [9.17, 15) is 48.9 Å². The largest absolute Gasteiger partial charge is 0.472 e. The number of hydrogen-bond donors (Lipinski definition) is 10. The van der Waals surface area contributed by atoms with Crippen molar-refractivity contribution < 1.29 is 76.0 Å². The van der Waals surface area contributed by atoms with E-state index in [0.717, 1.165) is 0 Å². The number of nitrogen functional groups attached to an aromatic ring is 2. The Kier molecular flexibility index (Phi) is 10.4. The van der Waals surface area contributed by atoms with Crippen molar-refractivity contribution in [3.8, 4) is 0 Å². The number of anilines is 2. The highest BCUT2D eigenvalue weighted by Crippen LogP contribution is 2.46. The summed E-state index contributed by atoms with van der Waals surface area (Å²) in [6.07, 6.45) is -9.06. The lowest BCUT2D eigenvalue weighted by Crippen LogP contribution is -2.46. The minimum Gasteiger partial charge on any atom is -0.387 e. The van der Waals surface area contributed by atoms with Gasteiger partial charge in [-0.15, -0.1) is 0 Å². The number of nitrogens with zero attached hydrogens (tertiary/aromatic N) is 6. The first kappa shape index (κ1) is 38.0. The number of aromatic nitrogens is 8. The van der Waals surface area contributed by atoms with Crippen LogP contribution in [0.5, 0.6) is 0 Å². The molecule has 12 N–H and O–H groups in total. The van der Waals surface area contributed by atoms with Crippen LogP contribution in [0.4, 0.5) is 11.9 Å². The van der Waals surface area contributed by atoms with Crippen molar-refractivity contribution in [2.75, 3.05) is 37.9 Å². The lowest BCUT2D eigenvalue weighted by molar-refractivity contribution is -0.746. The van der Waals surface area contributed by atoms with E-state index in [0.29, 0.717) is 0 Å². The summed E-state index contributed by atoms with van der Waals surface area (Å²) < 4.78 is 60.7. The number of nitrogens with two attached hydrogens (primary N) is 2. The van der Waals surface area contributed by atoms with Crippen LogP contribution in [0.1, 0.15) is 12.5 Å². The Balaban J connectivity index is 0.974. The van der Waals surface area contributed by atoms with E-state index in [1.165, 1.54) is 45.0 Å². The van der Waals surface area contributed by atoms with Crippen LogP contribution in [0.15, 0.2) is 22.2 Å². The number of phosphoric acid groups is 2. The molecule has 0 saturated carbocycles. The second-order valence-corrected chi connectivity index (χ2v) is 14.7. The number of rotatable bonds is 13. The van der Waals surface area contributed by atoms with Gasteiger partial charge in [0.25, 0.3) is 23.0 Å². The van der Waals surface area contributed by atoms with Gasteiger partial charge in [-0.2, -0.15) is 0 Å². The van der Waals surface area contributed by atoms with Gasteiger partial charge in [0.2, 0.25) is 23.5 Å². The van der Waals surface area contributed by atoms with Crippen LogP contribution in [0.25, 0.3) is 22.3 Å². The topological polar surface area (TPSA) is 372 Å². The SMILES string of the molecule is Cn1c[n+](C2OC(COP(=O)(O)OCCOP(=O)(O)OC[C@H]3OC([n+]4cn(C)c5c(=O)[nH]c(N)nc54)C(O)[C@@H]3O)[C@@H](O)C2O)c2nc(N)[nH]c(=O)c21. The summed E-state index contributed by atoms with van der Waals surface area (Å²) in [5.74, 6) is -0.429. The molecular weight excluding hydrogens is 746 g/mol. The van der Waals surface area contributed by atoms with E-state index < -0.39 is 102 Å². The van der Waals surface area contributed by atoms with Crippen molar-refractivity contribution in [3.63, 3.8) is 0 Å². The van der Waals surface area contributed by atoms with Crippen molar-refractivity contribution in [3.05, 3.63) is 33.4 Å². The van der Waals surface area contributed by atoms with Gasteiger partial charge in [-0.05, 0) is 0 Å². The van der Waals surface area contributed by atoms with Crippen molar-refractivity contribution in [2.24, 2.45) is 14.1 Å². The predicted octanol–water partition coefficient (Wildman–Crippen LogP) is -5.22. The average molecular weight is 783 g/mol. The van der Waals surface area contributed by atoms with Crippen LogP contribution in [0.2, 0.25) is 0 Å². The van der Waals surface area contributed by atoms with Gasteiger partial charge in [-0.1, -0.05) is 9.97 Å². The number of aliphatic hydroxyl groups is 4. The molecule has 0 spiro atoms. The smallest absolute Gasteiger partial charge is 0.387 e. The van der Waals surface area contributed by atoms with Crippen LogP contribution in [0, 0.1) is 0 Å². The molecule has 2 fully saturated rings. The maximum atomic E-state index is 12.4. The van der Waals surface area contributed by atoms with E-state index in [1.54, 1.807) is 0 Å². The Hall–Kier alpha value is -3.72. The first-order chi connectivity index (χ1) is 24.4. The maximum Gasteiger partial charge on any atom is 0.472 e. The summed E-state index contributed by atoms with van der Waals surface area (Å²) in [6, 6.07) is 0. The van der Waals surface area contributed by atoms with Crippen molar-refractivity contribution >= 4 is 49.9 Å². The second-order valence-electron chi connectivity index (χ2n) is 11.8. The number of aliphatic hydroxyl groups excluding tert-OH is 4. The van der Waals surface area contributed by atoms with Crippen LogP contribution >= 0.6 is 15.6 Å². The van der Waals surface area contributed by atoms with Crippen molar-refractivity contribution in [2.45, 2.75) is 49.1 Å². The number of nitrogens with one attached hydrogen (secondary N) is 2. The van der Waals surface area contributed by atoms with Gasteiger partial charge in [-0.3, -0.25) is 46.8 Å². The van der Waals surface area contributed by atoms with E-state index in [1.807, 2.05) is 0 Å². The van der Waals surface area contributed by atoms with Gasteiger partial charge in [0, 0.05) is 0 Å². The zero-order valence-corrected chi connectivity index (χ0v) is 28.9. The Morgan fingerprint density at radius 2 is 1.10 bits per heavy atom. The zero-order valence-electron chi connectivity index (χ0n) is 27.1. The molecule has 4 aromatic rings. The highest BCUT2D eigenvalue weighted by Gasteiger charge is 2.49. The normalized spacial score (nSPS) is 28.8. The Morgan fingerprint density at radius 1 is 0.731 bits per heavy atom. The first-order valence-corrected chi connectivity index (χ1v) is 18.2. The fourth-order valence-corrected chi connectivity index (χ4v) is 7.25. The van der Waals surface area contributed by atoms with Crippen LogP contribution in [-0.4, -0.2) is 122 Å². The molecule has 10 atom stereocenters. The fraction of sp³-hybridized carbons (Fsp3) is 0.583. The number of aryl methyl sites for hydroxylation is 2. The molecule has 0 radical (unpaired) electrons. The molecule has 286 valence electrons. The number of fused-ring (bicyclic) bond motifs is 2. The number of phosphoric ester groups is 2. The van der Waals surface area contributed by atoms with Gasteiger partial charge < -0.3 is 51.2 Å². The molecule has 0 bridgehead atoms. The first-order valence-electron chi connectivity index (χ1n) is 15.2. The summed E-state index contributed by atoms with van der Waals surface area (Å²) in [5.41, 5.74) is 10.4. The Labute approximate surface area is 289 Å². The molecular formula is C24H36N10O16P2+2. The molecule has 7 unspecified atom stereocenters. The van der Waals surface area contributed by atoms with Crippen LogP contribution < -0.4 is 31.7 Å². The molecule has 4 aromatic heterocycles. The summed E-state index contributed by atoms with van der Waals surface area (Å²) in [5, 5.41) is 42.3. The van der Waals surface area contributed by atoms with Crippen molar-refractivity contribution in [1.82, 2.24) is 29.1 Å².